The molecule has 0 saturated heterocycles. The smallest absolute Gasteiger partial charge is 0.253 e. The van der Waals surface area contributed by atoms with E-state index in [2.05, 4.69) is 10.3 Å². The summed E-state index contributed by atoms with van der Waals surface area (Å²) in [6.07, 6.45) is 1.69. The van der Waals surface area contributed by atoms with E-state index in [0.717, 1.165) is 22.4 Å². The molecule has 3 heterocycles. The zero-order valence-corrected chi connectivity index (χ0v) is 24.2. The van der Waals surface area contributed by atoms with Gasteiger partial charge < -0.3 is 29.2 Å². The van der Waals surface area contributed by atoms with E-state index in [-0.39, 0.29) is 18.5 Å². The van der Waals surface area contributed by atoms with Crippen molar-refractivity contribution in [2.75, 3.05) is 44.2 Å². The Morgan fingerprint density at radius 1 is 0.977 bits per heavy atom. The van der Waals surface area contributed by atoms with Crippen molar-refractivity contribution in [3.63, 3.8) is 0 Å². The van der Waals surface area contributed by atoms with Crippen LogP contribution in [0.25, 0.3) is 11.2 Å². The number of benzene rings is 3. The van der Waals surface area contributed by atoms with E-state index in [1.165, 1.54) is 12.1 Å². The zero-order valence-electron chi connectivity index (χ0n) is 24.2. The van der Waals surface area contributed by atoms with Crippen LogP contribution >= 0.6 is 0 Å². The summed E-state index contributed by atoms with van der Waals surface area (Å²) in [5, 5.41) is 3.41. The zero-order chi connectivity index (χ0) is 29.9. The van der Waals surface area contributed by atoms with Gasteiger partial charge in [-0.2, -0.15) is 9.97 Å². The molecule has 220 valence electrons. The van der Waals surface area contributed by atoms with Crippen molar-refractivity contribution in [2.24, 2.45) is 0 Å². The average Bonchev–Trinajstić information content (AvgIpc) is 3.65. The van der Waals surface area contributed by atoms with Crippen molar-refractivity contribution in [3.8, 4) is 11.5 Å². The Hall–Kier alpha value is -5.19. The van der Waals surface area contributed by atoms with Crippen molar-refractivity contribution in [1.82, 2.24) is 24.4 Å². The van der Waals surface area contributed by atoms with Gasteiger partial charge in [0.25, 0.3) is 5.91 Å². The number of aromatic nitrogens is 4. The SMILES string of the molecule is Cc1cccc(C(=O)N(C)CCN(C)c2nc(NCc3ccc4c(c3)OCO4)c3ncn(Cc4cccc(F)c4)c3n2)c1. The van der Waals surface area contributed by atoms with Crippen LogP contribution in [0.4, 0.5) is 16.2 Å². The molecule has 0 bridgehead atoms. The van der Waals surface area contributed by atoms with E-state index in [0.29, 0.717) is 60.4 Å². The third-order valence-electron chi connectivity index (χ3n) is 7.31. The maximum absolute atomic E-state index is 13.9. The number of imidazole rings is 1. The largest absolute Gasteiger partial charge is 0.454 e. The third kappa shape index (κ3) is 6.20. The number of ether oxygens (including phenoxy) is 2. The average molecular weight is 582 g/mol. The van der Waals surface area contributed by atoms with Crippen molar-refractivity contribution in [2.45, 2.75) is 20.0 Å². The van der Waals surface area contributed by atoms with Gasteiger partial charge in [-0.25, -0.2) is 9.37 Å². The minimum Gasteiger partial charge on any atom is -0.454 e. The standard InChI is InChI=1S/C32H32FN7O3/c1-21-6-4-8-24(14-21)31(41)38(2)12-13-39(3)32-36-29(34-17-22-10-11-26-27(16-22)43-20-42-26)28-30(37-32)40(19-35-28)18-23-7-5-9-25(33)15-23/h4-11,14-16,19H,12-13,17-18,20H2,1-3H3,(H,34,36,37). The molecule has 1 aliphatic heterocycles. The topological polar surface area (TPSA) is 97.6 Å². The van der Waals surface area contributed by atoms with Gasteiger partial charge in [-0.15, -0.1) is 0 Å². The maximum Gasteiger partial charge on any atom is 0.253 e. The summed E-state index contributed by atoms with van der Waals surface area (Å²) in [7, 11) is 3.68. The molecule has 0 unspecified atom stereocenters. The van der Waals surface area contributed by atoms with Gasteiger partial charge in [-0.3, -0.25) is 4.79 Å². The monoisotopic (exact) mass is 581 g/mol. The minimum atomic E-state index is -0.299. The second kappa shape index (κ2) is 12.0. The number of anilines is 2. The highest BCUT2D eigenvalue weighted by molar-refractivity contribution is 5.94. The van der Waals surface area contributed by atoms with Crippen LogP contribution in [-0.2, 0) is 13.1 Å². The first-order valence-corrected chi connectivity index (χ1v) is 14.0. The summed E-state index contributed by atoms with van der Waals surface area (Å²) < 4.78 is 26.7. The molecule has 0 atom stereocenters. The van der Waals surface area contributed by atoms with Gasteiger partial charge in [0.2, 0.25) is 12.7 Å². The van der Waals surface area contributed by atoms with Gasteiger partial charge in [-0.1, -0.05) is 35.9 Å². The number of hydrogen-bond acceptors (Lipinski definition) is 8. The predicted octanol–water partition coefficient (Wildman–Crippen LogP) is 4.87. The van der Waals surface area contributed by atoms with E-state index >= 15 is 0 Å². The van der Waals surface area contributed by atoms with Crippen LogP contribution in [0.1, 0.15) is 27.0 Å². The molecule has 0 spiro atoms. The lowest BCUT2D eigenvalue weighted by Gasteiger charge is -2.23. The lowest BCUT2D eigenvalue weighted by molar-refractivity contribution is 0.0798. The number of carbonyl (C=O) groups is 1. The fraction of sp³-hybridized carbons (Fsp3) is 0.250. The predicted molar refractivity (Wildman–Crippen MR) is 162 cm³/mol. The Labute approximate surface area is 248 Å². The van der Waals surface area contributed by atoms with Crippen molar-refractivity contribution in [3.05, 3.63) is 101 Å². The Kier molecular flexibility index (Phi) is 7.78. The molecule has 2 aromatic heterocycles. The molecular weight excluding hydrogens is 549 g/mol. The number of nitrogens with zero attached hydrogens (tertiary/aromatic N) is 6. The van der Waals surface area contributed by atoms with E-state index in [1.54, 1.807) is 24.3 Å². The molecule has 0 radical (unpaired) electrons. The Morgan fingerprint density at radius 2 is 1.81 bits per heavy atom. The third-order valence-corrected chi connectivity index (χ3v) is 7.31. The number of nitrogens with one attached hydrogen (secondary N) is 1. The number of amides is 1. The molecule has 11 heteroatoms. The highest BCUT2D eigenvalue weighted by atomic mass is 19.1. The molecule has 1 N–H and O–H groups in total. The molecule has 1 amide bonds. The molecule has 0 saturated carbocycles. The summed E-state index contributed by atoms with van der Waals surface area (Å²) in [5.74, 6) is 2.11. The minimum absolute atomic E-state index is 0.0484. The van der Waals surface area contributed by atoms with Crippen LogP contribution in [0.5, 0.6) is 11.5 Å². The number of hydrogen-bond donors (Lipinski definition) is 1. The first-order valence-electron chi connectivity index (χ1n) is 14.0. The lowest BCUT2D eigenvalue weighted by Crippen LogP contribution is -2.35. The van der Waals surface area contributed by atoms with Crippen molar-refractivity contribution < 1.29 is 18.7 Å². The Morgan fingerprint density at radius 3 is 2.65 bits per heavy atom. The van der Waals surface area contributed by atoms with Gasteiger partial charge in [0.05, 0.1) is 12.9 Å². The van der Waals surface area contributed by atoms with Crippen LogP contribution in [-0.4, -0.2) is 64.3 Å². The van der Waals surface area contributed by atoms with Gasteiger partial charge >= 0.3 is 0 Å². The quantitative estimate of drug-likeness (QED) is 0.250. The Balaban J connectivity index is 1.25. The number of aryl methyl sites for hydroxylation is 1. The van der Waals surface area contributed by atoms with Gasteiger partial charge in [0.1, 0.15) is 5.82 Å². The summed E-state index contributed by atoms with van der Waals surface area (Å²) in [4.78, 5) is 30.9. The first-order chi connectivity index (χ1) is 20.8. The molecule has 3 aromatic carbocycles. The van der Waals surface area contributed by atoms with E-state index in [4.69, 9.17) is 19.4 Å². The van der Waals surface area contributed by atoms with E-state index in [1.807, 2.05) is 72.0 Å². The molecule has 6 rings (SSSR count). The highest BCUT2D eigenvalue weighted by Crippen LogP contribution is 2.33. The van der Waals surface area contributed by atoms with Crippen LogP contribution in [0, 0.1) is 12.7 Å². The summed E-state index contributed by atoms with van der Waals surface area (Å²) in [6, 6.07) is 19.8. The maximum atomic E-state index is 13.9. The van der Waals surface area contributed by atoms with Crippen molar-refractivity contribution >= 4 is 28.8 Å². The second-order valence-corrected chi connectivity index (χ2v) is 10.6. The number of fused-ring (bicyclic) bond motifs is 2. The second-order valence-electron chi connectivity index (χ2n) is 10.6. The highest BCUT2D eigenvalue weighted by Gasteiger charge is 2.19. The Bertz CT molecular complexity index is 1790. The fourth-order valence-electron chi connectivity index (χ4n) is 4.91. The molecular formula is C32H32FN7O3. The van der Waals surface area contributed by atoms with Crippen LogP contribution in [0.3, 0.4) is 0 Å². The van der Waals surface area contributed by atoms with Crippen LogP contribution < -0.4 is 19.7 Å². The first kappa shape index (κ1) is 28.0. The summed E-state index contributed by atoms with van der Waals surface area (Å²) >= 11 is 0. The fourth-order valence-corrected chi connectivity index (χ4v) is 4.91. The van der Waals surface area contributed by atoms with E-state index < -0.39 is 0 Å². The summed E-state index contributed by atoms with van der Waals surface area (Å²) in [6.45, 7) is 4.00. The number of carbonyl (C=O) groups excluding carboxylic acids is 1. The van der Waals surface area contributed by atoms with Gasteiger partial charge in [-0.05, 0) is 54.4 Å². The molecule has 43 heavy (non-hydrogen) atoms. The molecule has 1 aliphatic rings. The van der Waals surface area contributed by atoms with E-state index in [9.17, 15) is 9.18 Å². The van der Waals surface area contributed by atoms with Gasteiger partial charge in [0.15, 0.2) is 28.5 Å². The molecule has 0 fully saturated rings. The van der Waals surface area contributed by atoms with Crippen molar-refractivity contribution in [1.29, 1.82) is 0 Å². The van der Waals surface area contributed by atoms with Gasteiger partial charge in [0, 0.05) is 39.3 Å². The lowest BCUT2D eigenvalue weighted by atomic mass is 10.1. The molecule has 0 aliphatic carbocycles. The number of halogens is 1. The summed E-state index contributed by atoms with van der Waals surface area (Å²) in [5.41, 5.74) is 4.67. The molecule has 5 aromatic rings. The normalized spacial score (nSPS) is 12.0. The molecule has 10 nitrogen and oxygen atoms in total. The van der Waals surface area contributed by atoms with Crippen LogP contribution in [0.15, 0.2) is 73.1 Å². The number of rotatable bonds is 10. The number of likely N-dealkylation sites (N-methyl/N-ethyl adjacent to an activating group) is 2. The van der Waals surface area contributed by atoms with Crippen LogP contribution in [0.2, 0.25) is 0 Å².